The van der Waals surface area contributed by atoms with E-state index in [0.717, 1.165) is 13.1 Å². The van der Waals surface area contributed by atoms with Crippen LogP contribution in [0.2, 0.25) is 0 Å². The van der Waals surface area contributed by atoms with Gasteiger partial charge in [0, 0.05) is 18.6 Å². The van der Waals surface area contributed by atoms with Crippen LogP contribution in [0.1, 0.15) is 46.5 Å². The van der Waals surface area contributed by atoms with Crippen molar-refractivity contribution < 1.29 is 14.4 Å². The first kappa shape index (κ1) is 17.7. The summed E-state index contributed by atoms with van der Waals surface area (Å²) in [6.07, 6.45) is 3.11. The number of hydrogen-bond acceptors (Lipinski definition) is 4. The molecule has 7 nitrogen and oxygen atoms in total. The molecule has 0 unspecified atom stereocenters. The Bertz CT molecular complexity index is 472. The number of hydrogen-bond donors (Lipinski definition) is 2. The second-order valence-corrected chi connectivity index (χ2v) is 6.98. The maximum absolute atomic E-state index is 12.1. The molecule has 0 aromatic rings. The Balaban J connectivity index is 1.81. The molecule has 1 atom stereocenters. The summed E-state index contributed by atoms with van der Waals surface area (Å²) in [6.45, 7) is 9.19. The lowest BCUT2D eigenvalue weighted by Gasteiger charge is -2.35. The fourth-order valence-electron chi connectivity index (χ4n) is 3.16. The van der Waals surface area contributed by atoms with Crippen LogP contribution in [0, 0.1) is 0 Å². The molecule has 0 aromatic heterocycles. The molecule has 2 aliphatic rings. The summed E-state index contributed by atoms with van der Waals surface area (Å²) in [5.41, 5.74) is -0.0939. The smallest absolute Gasteiger partial charge is 0.324 e. The van der Waals surface area contributed by atoms with E-state index in [2.05, 4.69) is 29.4 Å². The monoisotopic (exact) mass is 324 g/mol. The molecule has 0 aliphatic carbocycles. The van der Waals surface area contributed by atoms with E-state index in [1.165, 1.54) is 17.7 Å². The third-order valence-electron chi connectivity index (χ3n) is 4.62. The summed E-state index contributed by atoms with van der Waals surface area (Å²) in [5, 5.41) is 5.49. The van der Waals surface area contributed by atoms with Crippen molar-refractivity contribution in [3.05, 3.63) is 0 Å². The fourth-order valence-corrected chi connectivity index (χ4v) is 3.16. The molecule has 0 aromatic carbocycles. The lowest BCUT2D eigenvalue weighted by atomic mass is 10.0. The number of amides is 4. The van der Waals surface area contributed by atoms with Gasteiger partial charge in [-0.2, -0.15) is 0 Å². The number of urea groups is 1. The maximum atomic E-state index is 12.1. The first-order chi connectivity index (χ1) is 10.8. The van der Waals surface area contributed by atoms with Crippen molar-refractivity contribution in [1.29, 1.82) is 0 Å². The molecule has 0 saturated carbocycles. The van der Waals surface area contributed by atoms with Gasteiger partial charge in [0.05, 0.1) is 6.42 Å². The molecule has 2 N–H and O–H groups in total. The summed E-state index contributed by atoms with van der Waals surface area (Å²) in [5.74, 6) is -0.500. The second kappa shape index (κ2) is 7.29. The van der Waals surface area contributed by atoms with E-state index in [0.29, 0.717) is 19.5 Å². The van der Waals surface area contributed by atoms with Crippen LogP contribution < -0.4 is 10.6 Å². The van der Waals surface area contributed by atoms with Crippen LogP contribution in [0.3, 0.4) is 0 Å². The number of imide groups is 1. The minimum atomic E-state index is -0.732. The van der Waals surface area contributed by atoms with Crippen LogP contribution >= 0.6 is 0 Å². The molecular formula is C16H28N4O3. The average Bonchev–Trinajstić information content (AvgIpc) is 3.11. The van der Waals surface area contributed by atoms with E-state index in [1.807, 2.05) is 6.92 Å². The molecule has 4 amide bonds. The minimum Gasteiger partial charge on any atom is -0.354 e. The van der Waals surface area contributed by atoms with Crippen molar-refractivity contribution >= 4 is 17.8 Å². The van der Waals surface area contributed by atoms with Gasteiger partial charge in [-0.05, 0) is 46.2 Å². The number of nitrogens with zero attached hydrogens (tertiary/aromatic N) is 2. The standard InChI is InChI=1S/C16H28N4O3/c1-4-7-20-14(22)12(18-15(20)23)10-13(21)17-11-16(2,3)19-8-5-6-9-19/h12H,4-11H2,1-3H3,(H,17,21)(H,18,23)/t12-/m1/s1. The van der Waals surface area contributed by atoms with Crippen molar-refractivity contribution in [2.75, 3.05) is 26.2 Å². The van der Waals surface area contributed by atoms with Gasteiger partial charge in [-0.25, -0.2) is 4.79 Å². The van der Waals surface area contributed by atoms with Crippen molar-refractivity contribution in [2.24, 2.45) is 0 Å². The Morgan fingerprint density at radius 2 is 1.96 bits per heavy atom. The van der Waals surface area contributed by atoms with E-state index in [9.17, 15) is 14.4 Å². The number of rotatable bonds is 7. The third-order valence-corrected chi connectivity index (χ3v) is 4.62. The SMILES string of the molecule is CCCN1C(=O)N[C@H](CC(=O)NCC(C)(C)N2CCCC2)C1=O. The van der Waals surface area contributed by atoms with Crippen molar-refractivity contribution in [3.8, 4) is 0 Å². The summed E-state index contributed by atoms with van der Waals surface area (Å²) < 4.78 is 0. The van der Waals surface area contributed by atoms with Crippen LogP contribution in [-0.2, 0) is 9.59 Å². The molecule has 2 aliphatic heterocycles. The van der Waals surface area contributed by atoms with E-state index in [4.69, 9.17) is 0 Å². The normalized spacial score (nSPS) is 22.6. The molecule has 130 valence electrons. The van der Waals surface area contributed by atoms with E-state index in [1.54, 1.807) is 0 Å². The second-order valence-electron chi connectivity index (χ2n) is 6.98. The predicted molar refractivity (Wildman–Crippen MR) is 86.8 cm³/mol. The van der Waals surface area contributed by atoms with Crippen molar-refractivity contribution in [2.45, 2.75) is 58.0 Å². The number of nitrogens with one attached hydrogen (secondary N) is 2. The zero-order valence-electron chi connectivity index (χ0n) is 14.4. The van der Waals surface area contributed by atoms with Gasteiger partial charge < -0.3 is 10.6 Å². The lowest BCUT2D eigenvalue weighted by Crippen LogP contribution is -2.51. The van der Waals surface area contributed by atoms with Gasteiger partial charge in [0.2, 0.25) is 5.91 Å². The number of carbonyl (C=O) groups is 3. The van der Waals surface area contributed by atoms with Crippen molar-refractivity contribution in [3.63, 3.8) is 0 Å². The van der Waals surface area contributed by atoms with Gasteiger partial charge in [0.1, 0.15) is 6.04 Å². The van der Waals surface area contributed by atoms with Gasteiger partial charge in [0.25, 0.3) is 5.91 Å². The zero-order valence-corrected chi connectivity index (χ0v) is 14.4. The summed E-state index contributed by atoms with van der Waals surface area (Å²) in [7, 11) is 0. The highest BCUT2D eigenvalue weighted by Gasteiger charge is 2.38. The highest BCUT2D eigenvalue weighted by atomic mass is 16.2. The minimum absolute atomic E-state index is 0.000861. The van der Waals surface area contributed by atoms with E-state index < -0.39 is 12.1 Å². The Kier molecular flexibility index (Phi) is 5.62. The highest BCUT2D eigenvalue weighted by molar-refractivity contribution is 6.05. The zero-order chi connectivity index (χ0) is 17.0. The van der Waals surface area contributed by atoms with Crippen LogP contribution in [0.25, 0.3) is 0 Å². The third kappa shape index (κ3) is 4.22. The molecule has 2 heterocycles. The topological polar surface area (TPSA) is 81.8 Å². The lowest BCUT2D eigenvalue weighted by molar-refractivity contribution is -0.131. The predicted octanol–water partition coefficient (Wildman–Crippen LogP) is 0.698. The maximum Gasteiger partial charge on any atom is 0.324 e. The van der Waals surface area contributed by atoms with Gasteiger partial charge in [-0.15, -0.1) is 0 Å². The van der Waals surface area contributed by atoms with E-state index in [-0.39, 0.29) is 23.8 Å². The Labute approximate surface area is 137 Å². The molecule has 2 rings (SSSR count). The first-order valence-electron chi connectivity index (χ1n) is 8.49. The van der Waals surface area contributed by atoms with Gasteiger partial charge in [0.15, 0.2) is 0 Å². The molecule has 2 fully saturated rings. The molecule has 2 saturated heterocycles. The highest BCUT2D eigenvalue weighted by Crippen LogP contribution is 2.20. The van der Waals surface area contributed by atoms with E-state index >= 15 is 0 Å². The molecule has 23 heavy (non-hydrogen) atoms. The Hall–Kier alpha value is -1.63. The quantitative estimate of drug-likeness (QED) is 0.675. The van der Waals surface area contributed by atoms with Gasteiger partial charge in [-0.3, -0.25) is 19.4 Å². The van der Waals surface area contributed by atoms with Crippen LogP contribution in [0.4, 0.5) is 4.79 Å². The number of likely N-dealkylation sites (tertiary alicyclic amines) is 1. The van der Waals surface area contributed by atoms with Crippen LogP contribution in [0.5, 0.6) is 0 Å². The number of carbonyl (C=O) groups excluding carboxylic acids is 3. The average molecular weight is 324 g/mol. The van der Waals surface area contributed by atoms with Gasteiger partial charge in [-0.1, -0.05) is 6.92 Å². The fraction of sp³-hybridized carbons (Fsp3) is 0.812. The van der Waals surface area contributed by atoms with Crippen LogP contribution in [0.15, 0.2) is 0 Å². The van der Waals surface area contributed by atoms with Crippen molar-refractivity contribution in [1.82, 2.24) is 20.4 Å². The molecule has 7 heteroatoms. The molecule has 0 spiro atoms. The van der Waals surface area contributed by atoms with Crippen LogP contribution in [-0.4, -0.2) is 65.4 Å². The summed E-state index contributed by atoms with van der Waals surface area (Å²) in [6, 6.07) is -1.13. The van der Waals surface area contributed by atoms with Gasteiger partial charge >= 0.3 is 6.03 Å². The largest absolute Gasteiger partial charge is 0.354 e. The summed E-state index contributed by atoms with van der Waals surface area (Å²) >= 11 is 0. The molecular weight excluding hydrogens is 296 g/mol. The Morgan fingerprint density at radius 3 is 2.57 bits per heavy atom. The molecule has 0 bridgehead atoms. The molecule has 0 radical (unpaired) electrons. The summed E-state index contributed by atoms with van der Waals surface area (Å²) in [4.78, 5) is 39.5. The first-order valence-corrected chi connectivity index (χ1v) is 8.49. The Morgan fingerprint density at radius 1 is 1.30 bits per heavy atom.